The van der Waals surface area contributed by atoms with Gasteiger partial charge in [-0.1, -0.05) is 11.6 Å². The molecule has 1 amide bonds. The van der Waals surface area contributed by atoms with Gasteiger partial charge in [-0.25, -0.2) is 5.43 Å². The van der Waals surface area contributed by atoms with Crippen molar-refractivity contribution < 1.29 is 19.0 Å². The van der Waals surface area contributed by atoms with E-state index in [0.29, 0.717) is 22.3 Å². The van der Waals surface area contributed by atoms with E-state index >= 15 is 0 Å². The third kappa shape index (κ3) is 6.29. The number of methoxy groups -OCH3 is 1. The summed E-state index contributed by atoms with van der Waals surface area (Å²) in [5.41, 5.74) is 3.17. The number of hydrazone groups is 1. The second-order valence-corrected chi connectivity index (χ2v) is 6.05. The van der Waals surface area contributed by atoms with Gasteiger partial charge in [0.15, 0.2) is 18.1 Å². The van der Waals surface area contributed by atoms with Crippen LogP contribution in [0.5, 0.6) is 17.2 Å². The Bertz CT molecular complexity index is 761. The molecule has 0 spiro atoms. The Kier molecular flexibility index (Phi) is 7.29. The third-order valence-corrected chi connectivity index (χ3v) is 3.39. The predicted octanol–water partition coefficient (Wildman–Crippen LogP) is 3.66. The SMILES string of the molecule is COc1cc(/C=N/NC(=O)COc2ccc(Cl)cc2)ccc1OC(C)C. The van der Waals surface area contributed by atoms with E-state index in [0.717, 1.165) is 5.56 Å². The number of carbonyl (C=O) groups is 1. The van der Waals surface area contributed by atoms with Gasteiger partial charge in [0.05, 0.1) is 19.4 Å². The van der Waals surface area contributed by atoms with Crippen molar-refractivity contribution in [2.24, 2.45) is 5.10 Å². The lowest BCUT2D eigenvalue weighted by molar-refractivity contribution is -0.123. The zero-order valence-electron chi connectivity index (χ0n) is 14.9. The number of ether oxygens (including phenoxy) is 3. The van der Waals surface area contributed by atoms with E-state index in [1.54, 1.807) is 43.5 Å². The third-order valence-electron chi connectivity index (χ3n) is 3.14. The molecule has 2 aromatic rings. The van der Waals surface area contributed by atoms with Gasteiger partial charge in [-0.05, 0) is 61.9 Å². The highest BCUT2D eigenvalue weighted by Gasteiger charge is 2.07. The lowest BCUT2D eigenvalue weighted by Crippen LogP contribution is -2.24. The summed E-state index contributed by atoms with van der Waals surface area (Å²) in [4.78, 5) is 11.8. The Morgan fingerprint density at radius 2 is 1.92 bits per heavy atom. The molecule has 138 valence electrons. The summed E-state index contributed by atoms with van der Waals surface area (Å²) >= 11 is 5.79. The minimum Gasteiger partial charge on any atom is -0.493 e. The maximum Gasteiger partial charge on any atom is 0.277 e. The molecule has 0 bridgehead atoms. The summed E-state index contributed by atoms with van der Waals surface area (Å²) in [7, 11) is 1.57. The molecule has 0 aliphatic rings. The molecule has 2 aromatic carbocycles. The number of benzene rings is 2. The highest BCUT2D eigenvalue weighted by molar-refractivity contribution is 6.30. The lowest BCUT2D eigenvalue weighted by atomic mass is 10.2. The van der Waals surface area contributed by atoms with E-state index in [1.165, 1.54) is 6.21 Å². The molecule has 0 fully saturated rings. The molecule has 6 nitrogen and oxygen atoms in total. The van der Waals surface area contributed by atoms with E-state index in [1.807, 2.05) is 19.9 Å². The van der Waals surface area contributed by atoms with Crippen LogP contribution in [0.1, 0.15) is 19.4 Å². The average Bonchev–Trinajstić information content (AvgIpc) is 2.62. The van der Waals surface area contributed by atoms with Crippen LogP contribution in [0, 0.1) is 0 Å². The lowest BCUT2D eigenvalue weighted by Gasteiger charge is -2.13. The number of carbonyl (C=O) groups excluding carboxylic acids is 1. The largest absolute Gasteiger partial charge is 0.493 e. The number of hydrogen-bond acceptors (Lipinski definition) is 5. The van der Waals surface area contributed by atoms with Crippen LogP contribution in [-0.2, 0) is 4.79 Å². The Labute approximate surface area is 157 Å². The van der Waals surface area contributed by atoms with Gasteiger partial charge in [-0.15, -0.1) is 0 Å². The summed E-state index contributed by atoms with van der Waals surface area (Å²) in [5, 5.41) is 4.52. The first-order chi connectivity index (χ1) is 12.5. The van der Waals surface area contributed by atoms with Crippen molar-refractivity contribution in [1.82, 2.24) is 5.43 Å². The van der Waals surface area contributed by atoms with Crippen molar-refractivity contribution in [3.05, 3.63) is 53.1 Å². The maximum atomic E-state index is 11.8. The maximum absolute atomic E-state index is 11.8. The molecule has 0 aliphatic carbocycles. The number of amides is 1. The summed E-state index contributed by atoms with van der Waals surface area (Å²) in [6, 6.07) is 12.1. The highest BCUT2D eigenvalue weighted by Crippen LogP contribution is 2.28. The average molecular weight is 377 g/mol. The molecule has 0 unspecified atom stereocenters. The number of rotatable bonds is 8. The van der Waals surface area contributed by atoms with Crippen LogP contribution in [-0.4, -0.2) is 31.9 Å². The van der Waals surface area contributed by atoms with Crippen molar-refractivity contribution >= 4 is 23.7 Å². The van der Waals surface area contributed by atoms with Gasteiger partial charge in [0.2, 0.25) is 0 Å². The van der Waals surface area contributed by atoms with Crippen LogP contribution < -0.4 is 19.6 Å². The van der Waals surface area contributed by atoms with Gasteiger partial charge in [0.1, 0.15) is 5.75 Å². The van der Waals surface area contributed by atoms with E-state index in [4.69, 9.17) is 25.8 Å². The molecular weight excluding hydrogens is 356 g/mol. The monoisotopic (exact) mass is 376 g/mol. The fraction of sp³-hybridized carbons (Fsp3) is 0.263. The van der Waals surface area contributed by atoms with Crippen molar-refractivity contribution in [2.45, 2.75) is 20.0 Å². The molecule has 0 atom stereocenters. The van der Waals surface area contributed by atoms with E-state index in [-0.39, 0.29) is 18.6 Å². The zero-order chi connectivity index (χ0) is 18.9. The Morgan fingerprint density at radius 1 is 1.19 bits per heavy atom. The summed E-state index contributed by atoms with van der Waals surface area (Å²) in [6.45, 7) is 3.73. The Balaban J connectivity index is 1.86. The molecular formula is C19H21ClN2O4. The van der Waals surface area contributed by atoms with Gasteiger partial charge < -0.3 is 14.2 Å². The Hall–Kier alpha value is -2.73. The fourth-order valence-corrected chi connectivity index (χ4v) is 2.13. The Morgan fingerprint density at radius 3 is 2.58 bits per heavy atom. The van der Waals surface area contributed by atoms with Crippen molar-refractivity contribution in [1.29, 1.82) is 0 Å². The predicted molar refractivity (Wildman–Crippen MR) is 101 cm³/mol. The molecule has 1 N–H and O–H groups in total. The first kappa shape index (κ1) is 19.6. The van der Waals surface area contributed by atoms with Gasteiger partial charge in [-0.3, -0.25) is 4.79 Å². The quantitative estimate of drug-likeness (QED) is 0.563. The minimum absolute atomic E-state index is 0.0448. The molecule has 26 heavy (non-hydrogen) atoms. The molecule has 7 heteroatoms. The summed E-state index contributed by atoms with van der Waals surface area (Å²) in [5.74, 6) is 1.43. The standard InChI is InChI=1S/C19H21ClN2O4/c1-13(2)26-17-9-4-14(10-18(17)24-3)11-21-22-19(23)12-25-16-7-5-15(20)6-8-16/h4-11,13H,12H2,1-3H3,(H,22,23)/b21-11+. The zero-order valence-corrected chi connectivity index (χ0v) is 15.6. The van der Waals surface area contributed by atoms with Gasteiger partial charge >= 0.3 is 0 Å². The molecule has 0 aliphatic heterocycles. The van der Waals surface area contributed by atoms with Gasteiger partial charge in [0, 0.05) is 5.02 Å². The minimum atomic E-state index is -0.372. The summed E-state index contributed by atoms with van der Waals surface area (Å²) < 4.78 is 16.3. The van der Waals surface area contributed by atoms with E-state index in [2.05, 4.69) is 10.5 Å². The van der Waals surface area contributed by atoms with Gasteiger partial charge in [0.25, 0.3) is 5.91 Å². The molecule has 0 saturated heterocycles. The number of hydrogen-bond donors (Lipinski definition) is 1. The molecule has 2 rings (SSSR count). The second-order valence-electron chi connectivity index (χ2n) is 5.61. The number of nitrogens with one attached hydrogen (secondary N) is 1. The van der Waals surface area contributed by atoms with Crippen LogP contribution >= 0.6 is 11.6 Å². The summed E-state index contributed by atoms with van der Waals surface area (Å²) in [6.07, 6.45) is 1.56. The van der Waals surface area contributed by atoms with E-state index < -0.39 is 0 Å². The van der Waals surface area contributed by atoms with Crippen LogP contribution in [0.2, 0.25) is 5.02 Å². The topological polar surface area (TPSA) is 69.2 Å². The second kappa shape index (κ2) is 9.68. The molecule has 0 aromatic heterocycles. The van der Waals surface area contributed by atoms with E-state index in [9.17, 15) is 4.79 Å². The number of nitrogens with zero attached hydrogens (tertiary/aromatic N) is 1. The molecule has 0 heterocycles. The molecule has 0 saturated carbocycles. The van der Waals surface area contributed by atoms with Crippen LogP contribution in [0.3, 0.4) is 0 Å². The molecule has 0 radical (unpaired) electrons. The number of halogens is 1. The van der Waals surface area contributed by atoms with Crippen LogP contribution in [0.4, 0.5) is 0 Å². The fourth-order valence-electron chi connectivity index (χ4n) is 2.01. The van der Waals surface area contributed by atoms with Crippen molar-refractivity contribution in [2.75, 3.05) is 13.7 Å². The first-order valence-corrected chi connectivity index (χ1v) is 8.40. The van der Waals surface area contributed by atoms with Crippen molar-refractivity contribution in [3.8, 4) is 17.2 Å². The van der Waals surface area contributed by atoms with Gasteiger partial charge in [-0.2, -0.15) is 5.10 Å². The highest BCUT2D eigenvalue weighted by atomic mass is 35.5. The normalized spacial score (nSPS) is 10.8. The first-order valence-electron chi connectivity index (χ1n) is 8.03. The van der Waals surface area contributed by atoms with Crippen LogP contribution in [0.25, 0.3) is 0 Å². The van der Waals surface area contributed by atoms with Crippen LogP contribution in [0.15, 0.2) is 47.6 Å². The smallest absolute Gasteiger partial charge is 0.277 e. The van der Waals surface area contributed by atoms with Crippen molar-refractivity contribution in [3.63, 3.8) is 0 Å².